The van der Waals surface area contributed by atoms with Gasteiger partial charge in [-0.05, 0) is 43.2 Å². The standard InChI is InChI=1S/C30H42N2O3/c1-3-5-7-9-11-15-21-34-27-20-19-24(23-28(27)35-22-16-12-10-8-6-4-2)29-31-26-18-14-13-17-25(26)30(33)32-29/h13-14,17-20,23H,3-12,15-16,21-22H2,1-2H3,(H,31,32,33). The lowest BCUT2D eigenvalue weighted by atomic mass is 10.1. The Labute approximate surface area is 210 Å². The third-order valence-corrected chi connectivity index (χ3v) is 6.34. The minimum Gasteiger partial charge on any atom is -0.490 e. The number of aromatic nitrogens is 2. The van der Waals surface area contributed by atoms with Gasteiger partial charge in [0.15, 0.2) is 11.5 Å². The van der Waals surface area contributed by atoms with Crippen molar-refractivity contribution in [1.82, 2.24) is 9.97 Å². The number of aromatic amines is 1. The van der Waals surface area contributed by atoms with Crippen LogP contribution in [0, 0.1) is 0 Å². The van der Waals surface area contributed by atoms with E-state index in [1.165, 1.54) is 64.2 Å². The van der Waals surface area contributed by atoms with E-state index in [0.29, 0.717) is 29.9 Å². The number of benzene rings is 2. The van der Waals surface area contributed by atoms with Gasteiger partial charge in [-0.1, -0.05) is 90.2 Å². The monoisotopic (exact) mass is 478 g/mol. The maximum absolute atomic E-state index is 12.6. The van der Waals surface area contributed by atoms with Gasteiger partial charge in [-0.15, -0.1) is 0 Å². The molecule has 0 atom stereocenters. The molecule has 3 aromatic rings. The van der Waals surface area contributed by atoms with Gasteiger partial charge in [0, 0.05) is 5.56 Å². The maximum atomic E-state index is 12.6. The molecule has 5 heteroatoms. The number of unbranched alkanes of at least 4 members (excludes halogenated alkanes) is 10. The summed E-state index contributed by atoms with van der Waals surface area (Å²) in [6, 6.07) is 13.2. The molecule has 1 heterocycles. The lowest BCUT2D eigenvalue weighted by Gasteiger charge is -2.14. The number of H-pyrrole nitrogens is 1. The lowest BCUT2D eigenvalue weighted by molar-refractivity contribution is 0.258. The average Bonchev–Trinajstić information content (AvgIpc) is 2.88. The lowest BCUT2D eigenvalue weighted by Crippen LogP contribution is -2.09. The molecule has 3 rings (SSSR count). The number of fused-ring (bicyclic) bond motifs is 1. The smallest absolute Gasteiger partial charge is 0.259 e. The first kappa shape index (κ1) is 26.8. The fourth-order valence-electron chi connectivity index (χ4n) is 4.24. The Balaban J connectivity index is 1.68. The molecular formula is C30H42N2O3. The number of ether oxygens (including phenoxy) is 2. The second-order valence-corrected chi connectivity index (χ2v) is 9.33. The zero-order valence-corrected chi connectivity index (χ0v) is 21.6. The second kappa shape index (κ2) is 15.2. The van der Waals surface area contributed by atoms with Crippen molar-refractivity contribution in [3.05, 3.63) is 52.8 Å². The van der Waals surface area contributed by atoms with E-state index in [1.54, 1.807) is 6.07 Å². The Hall–Kier alpha value is -2.82. The van der Waals surface area contributed by atoms with Gasteiger partial charge in [0.1, 0.15) is 5.82 Å². The van der Waals surface area contributed by atoms with Crippen molar-refractivity contribution < 1.29 is 9.47 Å². The molecule has 1 aromatic heterocycles. The van der Waals surface area contributed by atoms with Crippen molar-refractivity contribution in [3.8, 4) is 22.9 Å². The van der Waals surface area contributed by atoms with E-state index in [9.17, 15) is 4.79 Å². The van der Waals surface area contributed by atoms with Crippen LogP contribution in [0.1, 0.15) is 90.9 Å². The zero-order chi connectivity index (χ0) is 24.7. The Morgan fingerprint density at radius 1 is 0.714 bits per heavy atom. The Morgan fingerprint density at radius 3 is 2.00 bits per heavy atom. The molecule has 0 aliphatic heterocycles. The molecule has 0 saturated heterocycles. The van der Waals surface area contributed by atoms with Crippen LogP contribution in [0.5, 0.6) is 11.5 Å². The normalized spacial score (nSPS) is 11.1. The minimum atomic E-state index is -0.136. The summed E-state index contributed by atoms with van der Waals surface area (Å²) in [5.41, 5.74) is 1.37. The first-order valence-corrected chi connectivity index (χ1v) is 13.6. The molecule has 1 N–H and O–H groups in total. The SMILES string of the molecule is CCCCCCCCOc1ccc(-c2nc3ccccc3c(=O)[nH]2)cc1OCCCCCCCC. The van der Waals surface area contributed by atoms with Crippen LogP contribution in [0.15, 0.2) is 47.3 Å². The number of para-hydroxylation sites is 1. The summed E-state index contributed by atoms with van der Waals surface area (Å²) >= 11 is 0. The molecule has 2 aromatic carbocycles. The molecule has 35 heavy (non-hydrogen) atoms. The van der Waals surface area contributed by atoms with E-state index in [-0.39, 0.29) is 5.56 Å². The third kappa shape index (κ3) is 8.72. The second-order valence-electron chi connectivity index (χ2n) is 9.33. The molecule has 0 bridgehead atoms. The van der Waals surface area contributed by atoms with Gasteiger partial charge in [-0.25, -0.2) is 4.98 Å². The molecule has 0 spiro atoms. The zero-order valence-electron chi connectivity index (χ0n) is 21.6. The summed E-state index contributed by atoms with van der Waals surface area (Å²) in [5.74, 6) is 2.02. The predicted octanol–water partition coefficient (Wildman–Crippen LogP) is 8.07. The molecule has 0 aliphatic carbocycles. The summed E-state index contributed by atoms with van der Waals surface area (Å²) in [6.07, 6.45) is 14.7. The summed E-state index contributed by atoms with van der Waals surface area (Å²) in [5, 5.41) is 0.592. The Bertz CT molecular complexity index is 1080. The van der Waals surface area contributed by atoms with Gasteiger partial charge in [0.2, 0.25) is 0 Å². The highest BCUT2D eigenvalue weighted by atomic mass is 16.5. The first-order chi connectivity index (χ1) is 17.2. The summed E-state index contributed by atoms with van der Waals surface area (Å²) in [7, 11) is 0. The fourth-order valence-corrected chi connectivity index (χ4v) is 4.24. The number of nitrogens with zero attached hydrogens (tertiary/aromatic N) is 1. The largest absolute Gasteiger partial charge is 0.490 e. The molecule has 0 aliphatic rings. The van der Waals surface area contributed by atoms with Crippen LogP contribution < -0.4 is 15.0 Å². The number of rotatable bonds is 17. The van der Waals surface area contributed by atoms with E-state index in [2.05, 4.69) is 23.8 Å². The van der Waals surface area contributed by atoms with Gasteiger partial charge >= 0.3 is 0 Å². The quantitative estimate of drug-likeness (QED) is 0.199. The van der Waals surface area contributed by atoms with E-state index >= 15 is 0 Å². The highest BCUT2D eigenvalue weighted by Gasteiger charge is 2.11. The highest BCUT2D eigenvalue weighted by molar-refractivity contribution is 5.79. The molecular weight excluding hydrogens is 436 g/mol. The number of hydrogen-bond donors (Lipinski definition) is 1. The molecule has 5 nitrogen and oxygen atoms in total. The third-order valence-electron chi connectivity index (χ3n) is 6.34. The minimum absolute atomic E-state index is 0.136. The summed E-state index contributed by atoms with van der Waals surface area (Å²) < 4.78 is 12.3. The fraction of sp³-hybridized carbons (Fsp3) is 0.533. The van der Waals surface area contributed by atoms with Crippen LogP contribution in [0.4, 0.5) is 0 Å². The summed E-state index contributed by atoms with van der Waals surface area (Å²) in [6.45, 7) is 5.82. The van der Waals surface area contributed by atoms with Crippen molar-refractivity contribution in [2.75, 3.05) is 13.2 Å². The molecule has 0 saturated carbocycles. The first-order valence-electron chi connectivity index (χ1n) is 13.6. The van der Waals surface area contributed by atoms with Crippen molar-refractivity contribution in [2.24, 2.45) is 0 Å². The Kier molecular flexibility index (Phi) is 11.7. The highest BCUT2D eigenvalue weighted by Crippen LogP contribution is 2.32. The van der Waals surface area contributed by atoms with Gasteiger partial charge in [0.05, 0.1) is 24.1 Å². The van der Waals surface area contributed by atoms with Gasteiger partial charge in [-0.2, -0.15) is 0 Å². The van der Waals surface area contributed by atoms with E-state index in [4.69, 9.17) is 9.47 Å². The van der Waals surface area contributed by atoms with Crippen molar-refractivity contribution in [2.45, 2.75) is 90.9 Å². The van der Waals surface area contributed by atoms with Gasteiger partial charge in [0.25, 0.3) is 5.56 Å². The number of hydrogen-bond acceptors (Lipinski definition) is 4. The molecule has 0 fully saturated rings. The van der Waals surface area contributed by atoms with Crippen molar-refractivity contribution in [1.29, 1.82) is 0 Å². The van der Waals surface area contributed by atoms with Crippen molar-refractivity contribution in [3.63, 3.8) is 0 Å². The van der Waals surface area contributed by atoms with Gasteiger partial charge in [-0.3, -0.25) is 4.79 Å². The molecule has 190 valence electrons. The maximum Gasteiger partial charge on any atom is 0.259 e. The molecule has 0 unspecified atom stereocenters. The molecule has 0 radical (unpaired) electrons. The van der Waals surface area contributed by atoms with Crippen LogP contribution in [0.2, 0.25) is 0 Å². The average molecular weight is 479 g/mol. The van der Waals surface area contributed by atoms with Gasteiger partial charge < -0.3 is 14.5 Å². The van der Waals surface area contributed by atoms with E-state index < -0.39 is 0 Å². The topological polar surface area (TPSA) is 64.2 Å². The van der Waals surface area contributed by atoms with Crippen LogP contribution in [0.3, 0.4) is 0 Å². The van der Waals surface area contributed by atoms with Crippen molar-refractivity contribution >= 4 is 10.9 Å². The predicted molar refractivity (Wildman–Crippen MR) is 146 cm³/mol. The Morgan fingerprint density at radius 2 is 1.31 bits per heavy atom. The van der Waals surface area contributed by atoms with Crippen LogP contribution >= 0.6 is 0 Å². The van der Waals surface area contributed by atoms with E-state index in [1.807, 2.05) is 36.4 Å². The number of nitrogens with one attached hydrogen (secondary N) is 1. The van der Waals surface area contributed by atoms with Crippen LogP contribution in [-0.2, 0) is 0 Å². The van der Waals surface area contributed by atoms with Crippen LogP contribution in [0.25, 0.3) is 22.3 Å². The summed E-state index contributed by atoms with van der Waals surface area (Å²) in [4.78, 5) is 20.2. The van der Waals surface area contributed by atoms with E-state index in [0.717, 1.165) is 29.9 Å². The molecule has 0 amide bonds. The van der Waals surface area contributed by atoms with Crippen LogP contribution in [-0.4, -0.2) is 23.2 Å².